The fourth-order valence-electron chi connectivity index (χ4n) is 2.70. The van der Waals surface area contributed by atoms with Crippen molar-refractivity contribution in [3.8, 4) is 5.75 Å². The Hall–Kier alpha value is -1.11. The van der Waals surface area contributed by atoms with Crippen LogP contribution in [-0.4, -0.2) is 45.0 Å². The summed E-state index contributed by atoms with van der Waals surface area (Å²) in [6.45, 7) is 7.51. The molecule has 0 aromatic heterocycles. The Labute approximate surface area is 133 Å². The van der Waals surface area contributed by atoms with Crippen molar-refractivity contribution in [2.75, 3.05) is 20.1 Å². The maximum absolute atomic E-state index is 12.8. The first kappa shape index (κ1) is 17.2. The summed E-state index contributed by atoms with van der Waals surface area (Å²) < 4.78 is 32.8. The molecule has 1 N–H and O–H groups in total. The molecule has 6 heteroatoms. The molecule has 0 atom stereocenters. The lowest BCUT2D eigenvalue weighted by Crippen LogP contribution is -2.43. The van der Waals surface area contributed by atoms with E-state index in [0.717, 1.165) is 37.2 Å². The van der Waals surface area contributed by atoms with Gasteiger partial charge >= 0.3 is 0 Å². The average molecular weight is 326 g/mol. The van der Waals surface area contributed by atoms with Crippen molar-refractivity contribution in [2.45, 2.75) is 50.7 Å². The summed E-state index contributed by atoms with van der Waals surface area (Å²) >= 11 is 0. The second-order valence-corrected chi connectivity index (χ2v) is 8.09. The third-order valence-corrected chi connectivity index (χ3v) is 5.92. The standard InChI is InChI=1S/C16H26N2O3S/c1-12(2)21-16-6-5-15(11-13(16)3)22(19,20)18(4)14-7-9-17-10-8-14/h5-6,11-12,14,17H,7-10H2,1-4H3. The smallest absolute Gasteiger partial charge is 0.243 e. The van der Waals surface area contributed by atoms with Gasteiger partial charge in [-0.25, -0.2) is 8.42 Å². The van der Waals surface area contributed by atoms with Gasteiger partial charge < -0.3 is 10.1 Å². The number of hydrogen-bond acceptors (Lipinski definition) is 4. The zero-order valence-corrected chi connectivity index (χ0v) is 14.6. The first-order chi connectivity index (χ1) is 10.3. The van der Waals surface area contributed by atoms with Crippen LogP contribution in [0.2, 0.25) is 0 Å². The summed E-state index contributed by atoms with van der Waals surface area (Å²) in [4.78, 5) is 0.335. The topological polar surface area (TPSA) is 58.6 Å². The van der Waals surface area contributed by atoms with Crippen LogP contribution < -0.4 is 10.1 Å². The Bertz CT molecular complexity index is 608. The van der Waals surface area contributed by atoms with Gasteiger partial charge in [-0.15, -0.1) is 0 Å². The van der Waals surface area contributed by atoms with Gasteiger partial charge in [-0.1, -0.05) is 0 Å². The summed E-state index contributed by atoms with van der Waals surface area (Å²) in [6.07, 6.45) is 1.77. The zero-order chi connectivity index (χ0) is 16.3. The molecule has 124 valence electrons. The van der Waals surface area contributed by atoms with E-state index in [1.807, 2.05) is 20.8 Å². The molecule has 5 nitrogen and oxygen atoms in total. The molecule has 1 aromatic carbocycles. The maximum Gasteiger partial charge on any atom is 0.243 e. The Balaban J connectivity index is 2.23. The molecule has 1 aliphatic heterocycles. The predicted octanol–water partition coefficient (Wildman–Crippen LogP) is 2.15. The number of ether oxygens (including phenoxy) is 1. The van der Waals surface area contributed by atoms with Crippen LogP contribution >= 0.6 is 0 Å². The molecule has 0 amide bonds. The van der Waals surface area contributed by atoms with Crippen LogP contribution in [0.25, 0.3) is 0 Å². The normalized spacial score (nSPS) is 17.2. The minimum atomic E-state index is -3.46. The highest BCUT2D eigenvalue weighted by Gasteiger charge is 2.29. The van der Waals surface area contributed by atoms with Gasteiger partial charge in [0.05, 0.1) is 11.0 Å². The number of benzene rings is 1. The predicted molar refractivity (Wildman–Crippen MR) is 87.8 cm³/mol. The molecule has 0 aliphatic carbocycles. The number of hydrogen-bond donors (Lipinski definition) is 1. The van der Waals surface area contributed by atoms with Crippen molar-refractivity contribution in [3.05, 3.63) is 23.8 Å². The van der Waals surface area contributed by atoms with Crippen molar-refractivity contribution in [1.82, 2.24) is 9.62 Å². The lowest BCUT2D eigenvalue weighted by atomic mass is 10.1. The van der Waals surface area contributed by atoms with Gasteiger partial charge in [0, 0.05) is 13.1 Å². The van der Waals surface area contributed by atoms with Gasteiger partial charge in [-0.3, -0.25) is 0 Å². The molecule has 1 heterocycles. The van der Waals surface area contributed by atoms with Crippen molar-refractivity contribution in [1.29, 1.82) is 0 Å². The van der Waals surface area contributed by atoms with Gasteiger partial charge in [0.15, 0.2) is 0 Å². The Morgan fingerprint density at radius 1 is 1.27 bits per heavy atom. The van der Waals surface area contributed by atoms with E-state index in [0.29, 0.717) is 4.90 Å². The van der Waals surface area contributed by atoms with Crippen LogP contribution in [0.15, 0.2) is 23.1 Å². The average Bonchev–Trinajstić information content (AvgIpc) is 2.49. The third-order valence-electron chi connectivity index (χ3n) is 4.01. The largest absolute Gasteiger partial charge is 0.491 e. The summed E-state index contributed by atoms with van der Waals surface area (Å²) in [7, 11) is -1.78. The van der Waals surface area contributed by atoms with E-state index >= 15 is 0 Å². The molecule has 1 saturated heterocycles. The fraction of sp³-hybridized carbons (Fsp3) is 0.625. The molecule has 1 aromatic rings. The summed E-state index contributed by atoms with van der Waals surface area (Å²) in [5, 5.41) is 3.26. The van der Waals surface area contributed by atoms with Crippen LogP contribution in [0.4, 0.5) is 0 Å². The Morgan fingerprint density at radius 3 is 2.45 bits per heavy atom. The van der Waals surface area contributed by atoms with Gasteiger partial charge in [-0.05, 0) is 70.5 Å². The van der Waals surface area contributed by atoms with Gasteiger partial charge in [-0.2, -0.15) is 4.31 Å². The van der Waals surface area contributed by atoms with Gasteiger partial charge in [0.2, 0.25) is 10.0 Å². The molecule has 0 radical (unpaired) electrons. The molecular formula is C16H26N2O3S. The number of nitrogens with zero attached hydrogens (tertiary/aromatic N) is 1. The molecular weight excluding hydrogens is 300 g/mol. The summed E-state index contributed by atoms with van der Waals surface area (Å²) in [6, 6.07) is 5.15. The van der Waals surface area contributed by atoms with Gasteiger partial charge in [0.1, 0.15) is 5.75 Å². The number of nitrogens with one attached hydrogen (secondary N) is 1. The number of aryl methyl sites for hydroxylation is 1. The fourth-order valence-corrected chi connectivity index (χ4v) is 4.20. The third kappa shape index (κ3) is 3.80. The molecule has 1 aliphatic rings. The maximum atomic E-state index is 12.8. The molecule has 22 heavy (non-hydrogen) atoms. The summed E-state index contributed by atoms with van der Waals surface area (Å²) in [5.74, 6) is 0.735. The molecule has 0 saturated carbocycles. The molecule has 0 unspecified atom stereocenters. The highest BCUT2D eigenvalue weighted by atomic mass is 32.2. The lowest BCUT2D eigenvalue weighted by Gasteiger charge is -2.31. The minimum Gasteiger partial charge on any atom is -0.491 e. The summed E-state index contributed by atoms with van der Waals surface area (Å²) in [5.41, 5.74) is 0.841. The van der Waals surface area contributed by atoms with Crippen molar-refractivity contribution < 1.29 is 13.2 Å². The number of sulfonamides is 1. The van der Waals surface area contributed by atoms with Crippen molar-refractivity contribution in [3.63, 3.8) is 0 Å². The molecule has 0 bridgehead atoms. The molecule has 0 spiro atoms. The van der Waals surface area contributed by atoms with E-state index in [-0.39, 0.29) is 12.1 Å². The van der Waals surface area contributed by atoms with E-state index < -0.39 is 10.0 Å². The SMILES string of the molecule is Cc1cc(S(=O)(=O)N(C)C2CCNCC2)ccc1OC(C)C. The van der Waals surface area contributed by atoms with Crippen LogP contribution in [0, 0.1) is 6.92 Å². The minimum absolute atomic E-state index is 0.0677. The van der Waals surface area contributed by atoms with E-state index in [1.165, 1.54) is 4.31 Å². The van der Waals surface area contributed by atoms with Crippen LogP contribution in [0.5, 0.6) is 5.75 Å². The Kier molecular flexibility index (Phi) is 5.47. The first-order valence-corrected chi connectivity index (χ1v) is 9.22. The number of piperidine rings is 1. The van der Waals surface area contributed by atoms with E-state index in [9.17, 15) is 8.42 Å². The quantitative estimate of drug-likeness (QED) is 0.901. The monoisotopic (exact) mass is 326 g/mol. The van der Waals surface area contributed by atoms with E-state index in [1.54, 1.807) is 25.2 Å². The highest BCUT2D eigenvalue weighted by molar-refractivity contribution is 7.89. The second kappa shape index (κ2) is 6.98. The first-order valence-electron chi connectivity index (χ1n) is 7.78. The van der Waals surface area contributed by atoms with Crippen molar-refractivity contribution in [2.24, 2.45) is 0 Å². The zero-order valence-electron chi connectivity index (χ0n) is 13.8. The van der Waals surface area contributed by atoms with Crippen LogP contribution in [0.3, 0.4) is 0 Å². The lowest BCUT2D eigenvalue weighted by molar-refractivity contribution is 0.240. The van der Waals surface area contributed by atoms with E-state index in [2.05, 4.69) is 5.32 Å². The second-order valence-electron chi connectivity index (χ2n) is 6.10. The van der Waals surface area contributed by atoms with E-state index in [4.69, 9.17) is 4.74 Å². The van der Waals surface area contributed by atoms with Gasteiger partial charge in [0.25, 0.3) is 0 Å². The van der Waals surface area contributed by atoms with Crippen LogP contribution in [-0.2, 0) is 10.0 Å². The Morgan fingerprint density at radius 2 is 1.91 bits per heavy atom. The molecule has 2 rings (SSSR count). The molecule has 1 fully saturated rings. The van der Waals surface area contributed by atoms with Crippen LogP contribution in [0.1, 0.15) is 32.3 Å². The van der Waals surface area contributed by atoms with Crippen molar-refractivity contribution >= 4 is 10.0 Å². The number of rotatable bonds is 5. The highest BCUT2D eigenvalue weighted by Crippen LogP contribution is 2.26.